The molecule has 0 aliphatic carbocycles. The van der Waals surface area contributed by atoms with Gasteiger partial charge < -0.3 is 14.6 Å². The number of ether oxygens (including phenoxy) is 1. The van der Waals surface area contributed by atoms with E-state index >= 15 is 4.39 Å². The fourth-order valence-electron chi connectivity index (χ4n) is 5.66. The Kier molecular flexibility index (Phi) is 8.40. The van der Waals surface area contributed by atoms with Crippen molar-refractivity contribution < 1.29 is 36.7 Å². The molecule has 9 nitrogen and oxygen atoms in total. The highest BCUT2D eigenvalue weighted by Crippen LogP contribution is 2.40. The van der Waals surface area contributed by atoms with Crippen molar-refractivity contribution in [3.63, 3.8) is 0 Å². The lowest BCUT2D eigenvalue weighted by molar-refractivity contribution is -0.257. The lowest BCUT2D eigenvalue weighted by Gasteiger charge is -2.51. The molecule has 1 aliphatic heterocycles. The molecule has 238 valence electrons. The van der Waals surface area contributed by atoms with E-state index in [1.54, 1.807) is 13.8 Å². The number of nitrogens with one attached hydrogen (secondary N) is 1. The summed E-state index contributed by atoms with van der Waals surface area (Å²) in [7, 11) is 1.43. The van der Waals surface area contributed by atoms with Crippen LogP contribution in [-0.2, 0) is 16.1 Å². The van der Waals surface area contributed by atoms with Gasteiger partial charge in [0.15, 0.2) is 11.2 Å². The first kappa shape index (κ1) is 32.3. The van der Waals surface area contributed by atoms with Gasteiger partial charge >= 0.3 is 12.1 Å². The first-order valence-corrected chi connectivity index (χ1v) is 14.3. The molecule has 1 amide bonds. The highest BCUT2D eigenvalue weighted by Gasteiger charge is 2.58. The predicted octanol–water partition coefficient (Wildman–Crippen LogP) is 5.94. The monoisotopic (exact) mass is 669 g/mol. The Morgan fingerprint density at radius 2 is 1.78 bits per heavy atom. The van der Waals surface area contributed by atoms with Gasteiger partial charge in [-0.2, -0.15) is 13.2 Å². The van der Waals surface area contributed by atoms with Crippen LogP contribution >= 0.6 is 23.2 Å². The number of aromatic amines is 1. The number of amides is 1. The minimum Gasteiger partial charge on any atom is -0.497 e. The van der Waals surface area contributed by atoms with Crippen molar-refractivity contribution in [1.82, 2.24) is 18.9 Å². The number of hydroxylamine groups is 2. The maximum absolute atomic E-state index is 15.1. The Morgan fingerprint density at radius 1 is 1.09 bits per heavy atom. The smallest absolute Gasteiger partial charge is 0.497 e. The van der Waals surface area contributed by atoms with Gasteiger partial charge in [0.2, 0.25) is 0 Å². The fraction of sp³-hybridized carbons (Fsp3) is 0.300. The number of methoxy groups -OCH3 is 1. The summed E-state index contributed by atoms with van der Waals surface area (Å²) in [6, 6.07) is 11.4. The molecular formula is C30H27Cl2F4N4O5+. The number of nitrogens with zero attached hydrogens (tertiary/aromatic N) is 3. The number of quaternary nitrogens is 1. The van der Waals surface area contributed by atoms with E-state index in [2.05, 4.69) is 4.98 Å². The number of fused-ring (bicyclic) bond motifs is 1. The maximum atomic E-state index is 15.1. The molecule has 0 radical (unpaired) electrons. The molecule has 5 rings (SSSR count). The number of alkyl halides is 3. The molecule has 0 saturated carbocycles. The minimum atomic E-state index is -5.27. The quantitative estimate of drug-likeness (QED) is 0.203. The highest BCUT2D eigenvalue weighted by molar-refractivity contribution is 6.42. The number of aromatic nitrogens is 2. The molecule has 1 N–H and O–H groups in total. The first-order chi connectivity index (χ1) is 21.1. The largest absolute Gasteiger partial charge is 0.497 e. The van der Waals surface area contributed by atoms with Gasteiger partial charge in [0.1, 0.15) is 28.8 Å². The number of hydrogen-bond acceptors (Lipinski definition) is 5. The molecule has 2 aromatic carbocycles. The topological polar surface area (TPSA) is 93.1 Å². The zero-order chi connectivity index (χ0) is 32.9. The second-order valence-corrected chi connectivity index (χ2v) is 11.9. The number of H-pyrrole nitrogens is 1. The van der Waals surface area contributed by atoms with Crippen LogP contribution in [0.5, 0.6) is 5.75 Å². The molecule has 1 aliphatic rings. The Bertz CT molecular complexity index is 1860. The SMILES string of the molecule is COc1ccc([N+]2(OC(=O)C(F)(F)F)CCN(C(=O)c3cc(Cc4c[nH]c(=O)c5cc(Cl)c(Cl)n45)ccc3F)CC2(C)C)cc1. The maximum Gasteiger partial charge on any atom is 0.497 e. The molecule has 3 heterocycles. The second-order valence-electron chi connectivity index (χ2n) is 11.2. The molecule has 0 spiro atoms. The van der Waals surface area contributed by atoms with E-state index in [-0.39, 0.29) is 53.0 Å². The third-order valence-electron chi connectivity index (χ3n) is 7.92. The zero-order valence-corrected chi connectivity index (χ0v) is 25.7. The summed E-state index contributed by atoms with van der Waals surface area (Å²) in [6.07, 6.45) is -3.69. The molecular weight excluding hydrogens is 643 g/mol. The molecule has 45 heavy (non-hydrogen) atoms. The second kappa shape index (κ2) is 11.7. The zero-order valence-electron chi connectivity index (χ0n) is 24.2. The summed E-state index contributed by atoms with van der Waals surface area (Å²) < 4.78 is 61.1. The van der Waals surface area contributed by atoms with Crippen molar-refractivity contribution >= 4 is 46.3 Å². The van der Waals surface area contributed by atoms with Gasteiger partial charge in [-0.15, -0.1) is 0 Å². The molecule has 1 atom stereocenters. The number of benzene rings is 2. The molecule has 1 fully saturated rings. The Balaban J connectivity index is 1.46. The average Bonchev–Trinajstić information content (AvgIpc) is 3.30. The number of carbonyl (C=O) groups is 2. The molecule has 2 aromatic heterocycles. The van der Waals surface area contributed by atoms with Gasteiger partial charge in [-0.1, -0.05) is 33.9 Å². The van der Waals surface area contributed by atoms with E-state index in [4.69, 9.17) is 32.8 Å². The third kappa shape index (κ3) is 5.87. The van der Waals surface area contributed by atoms with E-state index in [1.165, 1.54) is 65.1 Å². The number of halogens is 6. The predicted molar refractivity (Wildman–Crippen MR) is 159 cm³/mol. The van der Waals surface area contributed by atoms with E-state index in [0.29, 0.717) is 17.0 Å². The lowest BCUT2D eigenvalue weighted by atomic mass is 9.95. The summed E-state index contributed by atoms with van der Waals surface area (Å²) in [5.74, 6) is -3.46. The number of piperazine rings is 1. The van der Waals surface area contributed by atoms with Crippen molar-refractivity contribution in [3.05, 3.63) is 97.9 Å². The molecule has 1 saturated heterocycles. The average molecular weight is 670 g/mol. The summed E-state index contributed by atoms with van der Waals surface area (Å²) in [5.41, 5.74) is -0.538. The van der Waals surface area contributed by atoms with Crippen LogP contribution in [0.3, 0.4) is 0 Å². The van der Waals surface area contributed by atoms with Crippen molar-refractivity contribution in [2.45, 2.75) is 32.0 Å². The molecule has 15 heteroatoms. The minimum absolute atomic E-state index is 0.117. The Hall–Kier alpha value is -4.07. The van der Waals surface area contributed by atoms with Crippen molar-refractivity contribution in [1.29, 1.82) is 0 Å². The number of hydrogen-bond donors (Lipinski definition) is 1. The molecule has 4 aromatic rings. The van der Waals surface area contributed by atoms with E-state index in [9.17, 15) is 27.6 Å². The van der Waals surface area contributed by atoms with Crippen molar-refractivity contribution in [2.24, 2.45) is 0 Å². The van der Waals surface area contributed by atoms with Gasteiger partial charge in [0.05, 0.1) is 30.8 Å². The van der Waals surface area contributed by atoms with Gasteiger partial charge in [-0.3, -0.25) is 18.8 Å². The highest BCUT2D eigenvalue weighted by atomic mass is 35.5. The van der Waals surface area contributed by atoms with Gasteiger partial charge in [-0.25, -0.2) is 9.18 Å². The summed E-state index contributed by atoms with van der Waals surface area (Å²) in [4.78, 5) is 47.2. The lowest BCUT2D eigenvalue weighted by Crippen LogP contribution is -2.73. The fourth-order valence-corrected chi connectivity index (χ4v) is 6.10. The molecule has 1 unspecified atom stereocenters. The Morgan fingerprint density at radius 3 is 2.40 bits per heavy atom. The first-order valence-electron chi connectivity index (χ1n) is 13.6. The standard InChI is InChI=1S/C30H26Cl2F4N4O5/c1-29(2)16-38(10-11-40(29,45-28(43)30(34,35)36)19-5-7-20(44-3)8-6-19)27(42)21-13-17(4-9-23(21)33)12-18-15-37-26(41)24-14-22(31)25(32)39(18)24/h4-9,13-15H,10-12,16H2,1-3H3/p+1. The van der Waals surface area contributed by atoms with Crippen LogP contribution in [0.25, 0.3) is 5.52 Å². The van der Waals surface area contributed by atoms with E-state index < -0.39 is 39.6 Å². The van der Waals surface area contributed by atoms with Crippen molar-refractivity contribution in [3.8, 4) is 5.75 Å². The molecule has 0 bridgehead atoms. The van der Waals surface area contributed by atoms with Crippen LogP contribution in [0.2, 0.25) is 10.2 Å². The van der Waals surface area contributed by atoms with Gasteiger partial charge in [0, 0.05) is 30.4 Å². The summed E-state index contributed by atoms with van der Waals surface area (Å²) in [6.45, 7) is 2.50. The van der Waals surface area contributed by atoms with E-state index in [0.717, 1.165) is 6.07 Å². The van der Waals surface area contributed by atoms with Crippen LogP contribution in [-0.4, -0.2) is 64.6 Å². The van der Waals surface area contributed by atoms with Crippen LogP contribution in [0.1, 0.15) is 35.5 Å². The van der Waals surface area contributed by atoms with E-state index in [1.807, 2.05) is 0 Å². The van der Waals surface area contributed by atoms with Gasteiger partial charge in [0.25, 0.3) is 11.5 Å². The summed E-state index contributed by atoms with van der Waals surface area (Å²) in [5, 5.41) is 0.286. The normalized spacial score (nSPS) is 18.2. The van der Waals surface area contributed by atoms with Crippen LogP contribution in [0, 0.1) is 5.82 Å². The summed E-state index contributed by atoms with van der Waals surface area (Å²) >= 11 is 12.4. The Labute approximate surface area is 264 Å². The van der Waals surface area contributed by atoms with Crippen LogP contribution < -0.4 is 14.9 Å². The van der Waals surface area contributed by atoms with Crippen molar-refractivity contribution in [2.75, 3.05) is 26.7 Å². The van der Waals surface area contributed by atoms with Crippen LogP contribution in [0.4, 0.5) is 23.2 Å². The number of carbonyl (C=O) groups excluding carboxylic acids is 2. The van der Waals surface area contributed by atoms with Crippen LogP contribution in [0.15, 0.2) is 59.5 Å². The third-order valence-corrected chi connectivity index (χ3v) is 8.68. The van der Waals surface area contributed by atoms with Gasteiger partial charge in [-0.05, 0) is 49.7 Å². The number of rotatable bonds is 6.